The number of benzene rings is 1. The van der Waals surface area contributed by atoms with Crippen LogP contribution in [0.3, 0.4) is 0 Å². The number of amides is 1. The third kappa shape index (κ3) is 2.47. The van der Waals surface area contributed by atoms with Gasteiger partial charge in [-0.25, -0.2) is 4.39 Å². The van der Waals surface area contributed by atoms with Gasteiger partial charge in [0.25, 0.3) is 11.5 Å². The lowest BCUT2D eigenvalue weighted by molar-refractivity contribution is 0.0996. The highest BCUT2D eigenvalue weighted by molar-refractivity contribution is 5.93. The largest absolute Gasteiger partial charge is 0.497 e. The maximum absolute atomic E-state index is 13.6. The molecular formula is C13H11FN2O3. The van der Waals surface area contributed by atoms with Crippen LogP contribution in [0.1, 0.15) is 10.4 Å². The number of pyridine rings is 1. The van der Waals surface area contributed by atoms with Gasteiger partial charge in [-0.2, -0.15) is 0 Å². The van der Waals surface area contributed by atoms with Gasteiger partial charge >= 0.3 is 0 Å². The van der Waals surface area contributed by atoms with E-state index in [2.05, 4.69) is 0 Å². The molecule has 19 heavy (non-hydrogen) atoms. The number of nitrogens with zero attached hydrogens (tertiary/aromatic N) is 1. The zero-order valence-corrected chi connectivity index (χ0v) is 10.1. The molecule has 1 aromatic heterocycles. The van der Waals surface area contributed by atoms with E-state index in [-0.39, 0.29) is 11.1 Å². The van der Waals surface area contributed by atoms with Crippen molar-refractivity contribution in [3.8, 4) is 11.4 Å². The first-order valence-electron chi connectivity index (χ1n) is 5.39. The van der Waals surface area contributed by atoms with Crippen LogP contribution in [0.2, 0.25) is 0 Å². The van der Waals surface area contributed by atoms with Gasteiger partial charge in [0.15, 0.2) is 0 Å². The predicted molar refractivity (Wildman–Crippen MR) is 67.1 cm³/mol. The topological polar surface area (TPSA) is 74.3 Å². The first-order valence-corrected chi connectivity index (χ1v) is 5.39. The molecule has 98 valence electrons. The minimum atomic E-state index is -0.855. The summed E-state index contributed by atoms with van der Waals surface area (Å²) in [6.45, 7) is 0. The molecule has 2 N–H and O–H groups in total. The highest BCUT2D eigenvalue weighted by atomic mass is 19.1. The van der Waals surface area contributed by atoms with Crippen molar-refractivity contribution in [3.63, 3.8) is 0 Å². The van der Waals surface area contributed by atoms with Crippen LogP contribution >= 0.6 is 0 Å². The molecule has 0 saturated carbocycles. The Labute approximate surface area is 108 Å². The normalized spacial score (nSPS) is 10.2. The van der Waals surface area contributed by atoms with Gasteiger partial charge in [0.2, 0.25) is 0 Å². The van der Waals surface area contributed by atoms with E-state index < -0.39 is 11.7 Å². The lowest BCUT2D eigenvalue weighted by Gasteiger charge is -2.08. The molecule has 2 rings (SSSR count). The molecule has 0 saturated heterocycles. The van der Waals surface area contributed by atoms with Crippen molar-refractivity contribution in [1.82, 2.24) is 4.57 Å². The Morgan fingerprint density at radius 3 is 2.58 bits per heavy atom. The van der Waals surface area contributed by atoms with Gasteiger partial charge in [0.05, 0.1) is 18.4 Å². The molecule has 2 aromatic rings. The predicted octanol–water partition coefficient (Wildman–Crippen LogP) is 1.08. The number of hydrogen-bond donors (Lipinski definition) is 1. The standard InChI is InChI=1S/C13H11FN2O3/c1-19-9-4-5-16(12(17)7-9)8-2-3-10(13(15)18)11(14)6-8/h2-7H,1H3,(H2,15,18). The molecule has 0 fully saturated rings. The number of carbonyl (C=O) groups excluding carboxylic acids is 1. The third-order valence-corrected chi connectivity index (χ3v) is 2.62. The molecule has 0 atom stereocenters. The quantitative estimate of drug-likeness (QED) is 0.899. The van der Waals surface area contributed by atoms with Crippen LogP contribution in [0.15, 0.2) is 41.3 Å². The van der Waals surface area contributed by atoms with Gasteiger partial charge in [-0.15, -0.1) is 0 Å². The fraction of sp³-hybridized carbons (Fsp3) is 0.0769. The van der Waals surface area contributed by atoms with Crippen LogP contribution in [0.25, 0.3) is 5.69 Å². The monoisotopic (exact) mass is 262 g/mol. The molecular weight excluding hydrogens is 251 g/mol. The van der Waals surface area contributed by atoms with Crippen molar-refractivity contribution in [3.05, 3.63) is 58.3 Å². The number of hydrogen-bond acceptors (Lipinski definition) is 3. The van der Waals surface area contributed by atoms with Crippen LogP contribution in [0, 0.1) is 5.82 Å². The molecule has 0 bridgehead atoms. The van der Waals surface area contributed by atoms with E-state index in [1.807, 2.05) is 0 Å². The second kappa shape index (κ2) is 4.93. The molecule has 5 nitrogen and oxygen atoms in total. The zero-order chi connectivity index (χ0) is 14.0. The van der Waals surface area contributed by atoms with Crippen molar-refractivity contribution in [2.45, 2.75) is 0 Å². The van der Waals surface area contributed by atoms with Crippen LogP contribution in [0.4, 0.5) is 4.39 Å². The third-order valence-electron chi connectivity index (χ3n) is 2.62. The first kappa shape index (κ1) is 12.8. The molecule has 0 unspecified atom stereocenters. The first-order chi connectivity index (χ1) is 9.02. The molecule has 1 amide bonds. The Bertz CT molecular complexity index is 695. The second-order valence-electron chi connectivity index (χ2n) is 3.80. The Hall–Kier alpha value is -2.63. The van der Waals surface area contributed by atoms with E-state index in [0.717, 1.165) is 6.07 Å². The molecule has 1 aromatic carbocycles. The number of ether oxygens (including phenoxy) is 1. The Morgan fingerprint density at radius 2 is 2.05 bits per heavy atom. The number of nitrogens with two attached hydrogens (primary N) is 1. The number of halogens is 1. The van der Waals surface area contributed by atoms with Crippen molar-refractivity contribution >= 4 is 5.91 Å². The van der Waals surface area contributed by atoms with Crippen molar-refractivity contribution in [2.75, 3.05) is 7.11 Å². The summed E-state index contributed by atoms with van der Waals surface area (Å²) < 4.78 is 19.8. The van der Waals surface area contributed by atoms with E-state index in [1.165, 1.54) is 36.1 Å². The number of rotatable bonds is 3. The van der Waals surface area contributed by atoms with Gasteiger partial charge in [-0.05, 0) is 24.3 Å². The van der Waals surface area contributed by atoms with E-state index in [4.69, 9.17) is 10.5 Å². The average molecular weight is 262 g/mol. The number of methoxy groups -OCH3 is 1. The molecule has 0 aliphatic carbocycles. The van der Waals surface area contributed by atoms with Gasteiger partial charge in [0.1, 0.15) is 11.6 Å². The smallest absolute Gasteiger partial charge is 0.258 e. The summed E-state index contributed by atoms with van der Waals surface area (Å²) in [5.41, 5.74) is 4.72. The second-order valence-corrected chi connectivity index (χ2v) is 3.80. The number of carbonyl (C=O) groups is 1. The molecule has 0 aliphatic heterocycles. The summed E-state index contributed by atoms with van der Waals surface area (Å²) in [6.07, 6.45) is 1.46. The molecule has 6 heteroatoms. The van der Waals surface area contributed by atoms with E-state index >= 15 is 0 Å². The lowest BCUT2D eigenvalue weighted by atomic mass is 10.2. The highest BCUT2D eigenvalue weighted by Crippen LogP contribution is 2.14. The average Bonchev–Trinajstić information content (AvgIpc) is 2.37. The Balaban J connectivity index is 2.51. The minimum Gasteiger partial charge on any atom is -0.497 e. The van der Waals surface area contributed by atoms with E-state index in [9.17, 15) is 14.0 Å². The van der Waals surface area contributed by atoms with Crippen LogP contribution < -0.4 is 16.0 Å². The maximum Gasteiger partial charge on any atom is 0.258 e. The number of aromatic nitrogens is 1. The van der Waals surface area contributed by atoms with Crippen LogP contribution in [0.5, 0.6) is 5.75 Å². The van der Waals surface area contributed by atoms with Crippen molar-refractivity contribution in [2.24, 2.45) is 5.73 Å². The van der Waals surface area contributed by atoms with Crippen molar-refractivity contribution in [1.29, 1.82) is 0 Å². The Morgan fingerprint density at radius 1 is 1.32 bits per heavy atom. The fourth-order valence-electron chi connectivity index (χ4n) is 1.65. The van der Waals surface area contributed by atoms with E-state index in [0.29, 0.717) is 11.4 Å². The molecule has 0 aliphatic rings. The Kier molecular flexibility index (Phi) is 3.33. The fourth-order valence-corrected chi connectivity index (χ4v) is 1.65. The molecule has 0 radical (unpaired) electrons. The van der Waals surface area contributed by atoms with E-state index in [1.54, 1.807) is 6.07 Å². The van der Waals surface area contributed by atoms with Gasteiger partial charge in [-0.3, -0.25) is 14.2 Å². The van der Waals surface area contributed by atoms with Gasteiger partial charge < -0.3 is 10.5 Å². The highest BCUT2D eigenvalue weighted by Gasteiger charge is 2.10. The summed E-state index contributed by atoms with van der Waals surface area (Å²) in [5, 5.41) is 0. The van der Waals surface area contributed by atoms with Crippen molar-refractivity contribution < 1.29 is 13.9 Å². The minimum absolute atomic E-state index is 0.217. The zero-order valence-electron chi connectivity index (χ0n) is 10.1. The summed E-state index contributed by atoms with van der Waals surface area (Å²) in [6, 6.07) is 6.61. The molecule has 1 heterocycles. The van der Waals surface area contributed by atoms with Gasteiger partial charge in [0, 0.05) is 12.3 Å². The van der Waals surface area contributed by atoms with Crippen LogP contribution in [-0.4, -0.2) is 17.6 Å². The van der Waals surface area contributed by atoms with Crippen LogP contribution in [-0.2, 0) is 0 Å². The number of primary amides is 1. The summed E-state index contributed by atoms with van der Waals surface area (Å²) in [7, 11) is 1.44. The summed E-state index contributed by atoms with van der Waals surface area (Å²) in [4.78, 5) is 22.7. The molecule has 0 spiro atoms. The lowest BCUT2D eigenvalue weighted by Crippen LogP contribution is -2.18. The summed E-state index contributed by atoms with van der Waals surface area (Å²) >= 11 is 0. The maximum atomic E-state index is 13.6. The van der Waals surface area contributed by atoms with Gasteiger partial charge in [-0.1, -0.05) is 0 Å². The SMILES string of the molecule is COc1ccn(-c2ccc(C(N)=O)c(F)c2)c(=O)c1. The summed E-state index contributed by atoms with van der Waals surface area (Å²) in [5.74, 6) is -1.21.